The van der Waals surface area contributed by atoms with E-state index in [0.717, 1.165) is 0 Å². The molecule has 0 bridgehead atoms. The molecular weight excluding hydrogens is 377 g/mol. The summed E-state index contributed by atoms with van der Waals surface area (Å²) in [6.07, 6.45) is 0.365. The van der Waals surface area contributed by atoms with Gasteiger partial charge in [0, 0.05) is 11.6 Å². The van der Waals surface area contributed by atoms with Crippen LogP contribution in [0.15, 0.2) is 48.7 Å². The van der Waals surface area contributed by atoms with E-state index in [0.29, 0.717) is 21.7 Å². The molecule has 0 aliphatic heterocycles. The molecule has 3 rings (SSSR count). The fraction of sp³-hybridized carbons (Fsp3) is 0.111. The predicted octanol–water partition coefficient (Wildman–Crippen LogP) is 4.12. The Balaban J connectivity index is 1.75. The van der Waals surface area contributed by atoms with Crippen molar-refractivity contribution in [3.63, 3.8) is 0 Å². The second-order valence-electron chi connectivity index (χ2n) is 5.41. The third-order valence-electron chi connectivity index (χ3n) is 3.54. The van der Waals surface area contributed by atoms with Crippen LogP contribution in [0.3, 0.4) is 0 Å². The van der Waals surface area contributed by atoms with Crippen molar-refractivity contribution in [3.8, 4) is 0 Å². The summed E-state index contributed by atoms with van der Waals surface area (Å²) in [7, 11) is 0. The van der Waals surface area contributed by atoms with Gasteiger partial charge in [-0.15, -0.1) is 0 Å². The van der Waals surface area contributed by atoms with E-state index in [4.69, 9.17) is 27.9 Å². The normalized spacial score (nSPS) is 11.8. The number of rotatable bonds is 4. The van der Waals surface area contributed by atoms with Gasteiger partial charge in [-0.1, -0.05) is 41.4 Å². The van der Waals surface area contributed by atoms with Gasteiger partial charge in [0.2, 0.25) is 0 Å². The Hall–Kier alpha value is -2.70. The number of ether oxygens (including phenoxy) is 1. The van der Waals surface area contributed by atoms with E-state index < -0.39 is 18.0 Å². The summed E-state index contributed by atoms with van der Waals surface area (Å²) >= 11 is 11.7. The Morgan fingerprint density at radius 2 is 1.92 bits per heavy atom. The van der Waals surface area contributed by atoms with Gasteiger partial charge in [0.05, 0.1) is 16.1 Å². The highest BCUT2D eigenvalue weighted by molar-refractivity contribution is 6.30. The minimum Gasteiger partial charge on any atom is -0.449 e. The average Bonchev–Trinajstić information content (AvgIpc) is 2.62. The van der Waals surface area contributed by atoms with Crippen molar-refractivity contribution in [1.82, 2.24) is 9.97 Å². The first-order valence-electron chi connectivity index (χ1n) is 7.63. The lowest BCUT2D eigenvalue weighted by molar-refractivity contribution is -0.123. The summed E-state index contributed by atoms with van der Waals surface area (Å²) in [4.78, 5) is 32.8. The largest absolute Gasteiger partial charge is 0.449 e. The molecule has 2 heterocycles. The Kier molecular flexibility index (Phi) is 5.35. The van der Waals surface area contributed by atoms with Gasteiger partial charge in [-0.05, 0) is 31.2 Å². The summed E-state index contributed by atoms with van der Waals surface area (Å²) < 4.78 is 5.27. The molecule has 1 amide bonds. The SMILES string of the molecule is C[C@H](OC(=O)c1cc(Cl)nc2ccccc12)C(=O)Nc1ccc(Cl)cn1. The number of anilines is 1. The van der Waals surface area contributed by atoms with Crippen molar-refractivity contribution in [2.24, 2.45) is 0 Å². The van der Waals surface area contributed by atoms with E-state index in [1.165, 1.54) is 19.2 Å². The quantitative estimate of drug-likeness (QED) is 0.535. The molecule has 0 fully saturated rings. The van der Waals surface area contributed by atoms with E-state index in [1.807, 2.05) is 0 Å². The Labute approximate surface area is 159 Å². The van der Waals surface area contributed by atoms with E-state index in [-0.39, 0.29) is 10.7 Å². The molecule has 132 valence electrons. The van der Waals surface area contributed by atoms with E-state index in [1.54, 1.807) is 36.4 Å². The van der Waals surface area contributed by atoms with Crippen LogP contribution < -0.4 is 5.32 Å². The van der Waals surface area contributed by atoms with Crippen LogP contribution in [0.4, 0.5) is 5.82 Å². The number of para-hydroxylation sites is 1. The molecule has 6 nitrogen and oxygen atoms in total. The monoisotopic (exact) mass is 389 g/mol. The zero-order valence-electron chi connectivity index (χ0n) is 13.6. The number of hydrogen-bond donors (Lipinski definition) is 1. The number of amides is 1. The highest BCUT2D eigenvalue weighted by Gasteiger charge is 2.21. The van der Waals surface area contributed by atoms with Gasteiger partial charge in [-0.3, -0.25) is 4.79 Å². The van der Waals surface area contributed by atoms with E-state index in [2.05, 4.69) is 15.3 Å². The molecule has 0 saturated carbocycles. The number of halogens is 2. The van der Waals surface area contributed by atoms with Gasteiger partial charge in [-0.2, -0.15) is 0 Å². The summed E-state index contributed by atoms with van der Waals surface area (Å²) in [5, 5.41) is 3.75. The molecule has 0 saturated heterocycles. The van der Waals surface area contributed by atoms with Crippen molar-refractivity contribution in [1.29, 1.82) is 0 Å². The van der Waals surface area contributed by atoms with Crippen molar-refractivity contribution in [3.05, 3.63) is 64.4 Å². The highest BCUT2D eigenvalue weighted by Crippen LogP contribution is 2.22. The second kappa shape index (κ2) is 7.68. The lowest BCUT2D eigenvalue weighted by Gasteiger charge is -2.14. The number of pyridine rings is 2. The molecule has 0 unspecified atom stereocenters. The first-order valence-corrected chi connectivity index (χ1v) is 8.38. The average molecular weight is 390 g/mol. The molecule has 26 heavy (non-hydrogen) atoms. The summed E-state index contributed by atoms with van der Waals surface area (Å²) in [6.45, 7) is 1.47. The van der Waals surface area contributed by atoms with Gasteiger partial charge < -0.3 is 10.1 Å². The molecule has 0 aliphatic rings. The number of aromatic nitrogens is 2. The number of carbonyl (C=O) groups is 2. The second-order valence-corrected chi connectivity index (χ2v) is 6.23. The molecule has 1 N–H and O–H groups in total. The van der Waals surface area contributed by atoms with Gasteiger partial charge in [0.25, 0.3) is 5.91 Å². The smallest absolute Gasteiger partial charge is 0.339 e. The van der Waals surface area contributed by atoms with Crippen LogP contribution in [0.5, 0.6) is 0 Å². The number of esters is 1. The van der Waals surface area contributed by atoms with Crippen LogP contribution in [0.1, 0.15) is 17.3 Å². The van der Waals surface area contributed by atoms with Gasteiger partial charge in [0.1, 0.15) is 11.0 Å². The number of nitrogens with zero attached hydrogens (tertiary/aromatic N) is 2. The topological polar surface area (TPSA) is 81.2 Å². The zero-order valence-corrected chi connectivity index (χ0v) is 15.1. The molecule has 0 radical (unpaired) electrons. The maximum Gasteiger partial charge on any atom is 0.339 e. The Bertz CT molecular complexity index is 977. The molecular formula is C18H13Cl2N3O3. The maximum atomic E-state index is 12.5. The maximum absolute atomic E-state index is 12.5. The van der Waals surface area contributed by atoms with E-state index in [9.17, 15) is 9.59 Å². The molecule has 0 aliphatic carbocycles. The third kappa shape index (κ3) is 4.09. The van der Waals surface area contributed by atoms with Crippen molar-refractivity contribution >= 4 is 51.8 Å². The minimum atomic E-state index is -1.04. The fourth-order valence-electron chi connectivity index (χ4n) is 2.27. The number of benzene rings is 1. The third-order valence-corrected chi connectivity index (χ3v) is 3.95. The Morgan fingerprint density at radius 1 is 1.15 bits per heavy atom. The van der Waals surface area contributed by atoms with Crippen LogP contribution in [0.25, 0.3) is 10.9 Å². The molecule has 3 aromatic rings. The number of carbonyl (C=O) groups excluding carboxylic acids is 2. The standard InChI is InChI=1S/C18H13Cl2N3O3/c1-10(17(24)23-16-7-6-11(19)9-21-16)26-18(25)13-8-15(20)22-14-5-3-2-4-12(13)14/h2-10H,1H3,(H,21,23,24)/t10-/m0/s1. The summed E-state index contributed by atoms with van der Waals surface area (Å²) in [5.41, 5.74) is 0.805. The lowest BCUT2D eigenvalue weighted by Crippen LogP contribution is -2.30. The van der Waals surface area contributed by atoms with Crippen molar-refractivity contribution in [2.75, 3.05) is 5.32 Å². The Morgan fingerprint density at radius 3 is 2.65 bits per heavy atom. The first kappa shape index (κ1) is 18.1. The van der Waals surface area contributed by atoms with Crippen molar-refractivity contribution < 1.29 is 14.3 Å². The van der Waals surface area contributed by atoms with E-state index >= 15 is 0 Å². The summed E-state index contributed by atoms with van der Waals surface area (Å²) in [5.74, 6) is -0.880. The van der Waals surface area contributed by atoms with Gasteiger partial charge in [-0.25, -0.2) is 14.8 Å². The van der Waals surface area contributed by atoms with Crippen LogP contribution >= 0.6 is 23.2 Å². The minimum absolute atomic E-state index is 0.165. The lowest BCUT2D eigenvalue weighted by atomic mass is 10.1. The molecule has 8 heteroatoms. The number of nitrogens with one attached hydrogen (secondary N) is 1. The number of fused-ring (bicyclic) bond motifs is 1. The molecule has 1 atom stereocenters. The van der Waals surface area contributed by atoms with Gasteiger partial charge in [0.15, 0.2) is 6.10 Å². The zero-order chi connectivity index (χ0) is 18.7. The van der Waals surface area contributed by atoms with Crippen LogP contribution in [0, 0.1) is 0 Å². The molecule has 0 spiro atoms. The van der Waals surface area contributed by atoms with Crippen LogP contribution in [-0.2, 0) is 9.53 Å². The number of hydrogen-bond acceptors (Lipinski definition) is 5. The first-order chi connectivity index (χ1) is 12.4. The van der Waals surface area contributed by atoms with Gasteiger partial charge >= 0.3 is 5.97 Å². The van der Waals surface area contributed by atoms with Crippen LogP contribution in [0.2, 0.25) is 10.2 Å². The highest BCUT2D eigenvalue weighted by atomic mass is 35.5. The molecule has 2 aromatic heterocycles. The predicted molar refractivity (Wildman–Crippen MR) is 99.5 cm³/mol. The van der Waals surface area contributed by atoms with Crippen LogP contribution in [-0.4, -0.2) is 27.9 Å². The fourth-order valence-corrected chi connectivity index (χ4v) is 2.58. The van der Waals surface area contributed by atoms with Crippen molar-refractivity contribution in [2.45, 2.75) is 13.0 Å². The molecule has 1 aromatic carbocycles. The summed E-state index contributed by atoms with van der Waals surface area (Å²) in [6, 6.07) is 11.6.